The predicted octanol–water partition coefficient (Wildman–Crippen LogP) is 9.37. The fourth-order valence-electron chi connectivity index (χ4n) is 7.66. The van der Waals surface area contributed by atoms with E-state index < -0.39 is 80.3 Å². The van der Waals surface area contributed by atoms with Crippen molar-refractivity contribution in [2.45, 2.75) is 83.1 Å². The summed E-state index contributed by atoms with van der Waals surface area (Å²) in [5, 5.41) is 0. The number of benzene rings is 4. The normalized spacial score (nSPS) is 10.7. The van der Waals surface area contributed by atoms with Gasteiger partial charge in [-0.2, -0.15) is 19.2 Å². The van der Waals surface area contributed by atoms with E-state index in [-0.39, 0.29) is 22.3 Å². The molecule has 0 saturated heterocycles. The molecule has 0 unspecified atom stereocenters. The summed E-state index contributed by atoms with van der Waals surface area (Å²) in [5.74, 6) is -4.28. The molecule has 0 aromatic heterocycles. The third-order valence-electron chi connectivity index (χ3n) is 10.3. The van der Waals surface area contributed by atoms with Crippen LogP contribution in [0.25, 0.3) is 0 Å². The van der Waals surface area contributed by atoms with E-state index in [0.717, 1.165) is 22.3 Å². The maximum atomic E-state index is 12.9. The lowest BCUT2D eigenvalue weighted by Gasteiger charge is -2.30. The van der Waals surface area contributed by atoms with E-state index >= 15 is 0 Å². The fraction of sp³-hybridized carbons (Fsp3) is 0.347. The fourth-order valence-corrected chi connectivity index (χ4v) is 7.66. The number of aryl methyl sites for hydroxylation is 12. The molecule has 0 bridgehead atoms. The number of carbonyl (C=O) groups excluding carboxylic acids is 8. The molecule has 368 valence electrons. The lowest BCUT2D eigenvalue weighted by molar-refractivity contribution is -0.223. The van der Waals surface area contributed by atoms with Gasteiger partial charge in [0.05, 0.1) is 22.3 Å². The van der Waals surface area contributed by atoms with E-state index in [1.54, 1.807) is 104 Å². The smallest absolute Gasteiger partial charge is 0.431 e. The van der Waals surface area contributed by atoms with E-state index in [1.807, 2.05) is 27.7 Å². The highest BCUT2D eigenvalue weighted by Gasteiger charge is 2.40. The van der Waals surface area contributed by atoms with Crippen LogP contribution in [0.15, 0.2) is 48.5 Å². The molecule has 0 saturated carbocycles. The third kappa shape index (κ3) is 14.9. The minimum atomic E-state index is -2.25. The summed E-state index contributed by atoms with van der Waals surface area (Å²) in [4.78, 5) is 141. The monoisotopic (exact) mass is 960 g/mol. The Bertz CT molecular complexity index is 2210. The summed E-state index contributed by atoms with van der Waals surface area (Å²) < 4.78 is 20.6. The minimum absolute atomic E-state index is 0.0867. The molecule has 0 spiro atoms. The first-order chi connectivity index (χ1) is 32.4. The number of hydrogen-bond donors (Lipinski definition) is 0. The van der Waals surface area contributed by atoms with Crippen LogP contribution in [-0.2, 0) is 58.0 Å². The third-order valence-corrected chi connectivity index (χ3v) is 10.3. The molecule has 20 nitrogen and oxygen atoms in total. The first-order valence-electron chi connectivity index (χ1n) is 20.9. The van der Waals surface area contributed by atoms with Gasteiger partial charge in [-0.25, -0.2) is 58.3 Å². The maximum Gasteiger partial charge on any atom is 0.549 e. The Kier molecular flexibility index (Phi) is 18.2. The minimum Gasteiger partial charge on any atom is -0.431 e. The molecule has 69 heavy (non-hydrogen) atoms. The molecule has 0 radical (unpaired) electrons. The van der Waals surface area contributed by atoms with Crippen molar-refractivity contribution in [1.29, 1.82) is 0 Å². The summed E-state index contributed by atoms with van der Waals surface area (Å²) in [5.41, 5.74) is 5.53. The van der Waals surface area contributed by atoms with E-state index in [9.17, 15) is 38.4 Å². The largest absolute Gasteiger partial charge is 0.549 e. The molecule has 0 aliphatic heterocycles. The Balaban J connectivity index is 1.57. The van der Waals surface area contributed by atoms with Crippen LogP contribution in [0.5, 0.6) is 0 Å². The number of carbonyl (C=O) groups is 8. The van der Waals surface area contributed by atoms with Crippen LogP contribution in [0.2, 0.25) is 0 Å². The summed E-state index contributed by atoms with van der Waals surface area (Å²) in [6.45, 7) is 15.9. The van der Waals surface area contributed by atoms with Crippen molar-refractivity contribution >= 4 is 48.5 Å². The summed E-state index contributed by atoms with van der Waals surface area (Å²) in [6, 6.07) is 13.6. The van der Waals surface area contributed by atoms with E-state index in [2.05, 4.69) is 19.6 Å². The van der Waals surface area contributed by atoms with Gasteiger partial charge in [-0.05, 0) is 128 Å². The van der Waals surface area contributed by atoms with Gasteiger partial charge in [0.1, 0.15) is 31.8 Å². The van der Waals surface area contributed by atoms with E-state index in [0.29, 0.717) is 44.5 Å². The molecule has 4 rings (SSSR count). The second-order valence-electron chi connectivity index (χ2n) is 16.6. The average molecular weight is 961 g/mol. The van der Waals surface area contributed by atoms with Gasteiger partial charge in [-0.1, -0.05) is 70.8 Å². The van der Waals surface area contributed by atoms with Crippen LogP contribution >= 0.6 is 0 Å². The molecule has 0 fully saturated rings. The Morgan fingerprint density at radius 1 is 0.290 bits per heavy atom. The van der Waals surface area contributed by atoms with Crippen molar-refractivity contribution in [2.24, 2.45) is 5.41 Å². The Labute approximate surface area is 396 Å². The number of rotatable bonds is 12. The van der Waals surface area contributed by atoms with Gasteiger partial charge in [0.15, 0.2) is 0 Å². The van der Waals surface area contributed by atoms with Crippen LogP contribution in [0.3, 0.4) is 0 Å². The molecule has 20 heteroatoms. The zero-order valence-corrected chi connectivity index (χ0v) is 40.1. The second kappa shape index (κ2) is 23.5. The molecule has 4 aromatic rings. The van der Waals surface area contributed by atoms with E-state index in [1.165, 1.54) is 0 Å². The molecule has 0 N–H and O–H groups in total. The van der Waals surface area contributed by atoms with Crippen LogP contribution in [0.1, 0.15) is 108 Å². The Morgan fingerprint density at radius 3 is 0.609 bits per heavy atom. The van der Waals surface area contributed by atoms with Crippen molar-refractivity contribution in [3.8, 4) is 0 Å². The van der Waals surface area contributed by atoms with Gasteiger partial charge in [-0.15, -0.1) is 0 Å². The number of hydrogen-bond acceptors (Lipinski definition) is 20. The van der Waals surface area contributed by atoms with Crippen LogP contribution in [0, 0.1) is 88.5 Å². The van der Waals surface area contributed by atoms with Gasteiger partial charge in [0.2, 0.25) is 0 Å². The number of ether oxygens (including phenoxy) is 4. The summed E-state index contributed by atoms with van der Waals surface area (Å²) in [7, 11) is 0. The molecule has 4 aromatic carbocycles. The Hall–Kier alpha value is -8.16. The standard InChI is InChI=1S/C49H52O20/c1-25-13-29(5)37(30(6)14-25)41(50)62-66-45(54)58-21-49(22-59-46(55)67-63-42(51)38-31(7)15-26(2)16-32(38)8,23-60-47(56)68-64-43(52)39-33(9)17-27(3)18-34(39)10)24-61-48(57)69-65-44(53)40-35(11)19-28(4)20-36(40)12/h13-20H,21-24H2,1-12H3. The topological polar surface area (TPSA) is 247 Å². The van der Waals surface area contributed by atoms with Crippen molar-refractivity contribution in [2.75, 3.05) is 26.4 Å². The highest BCUT2D eigenvalue weighted by Crippen LogP contribution is 2.25. The van der Waals surface area contributed by atoms with E-state index in [4.69, 9.17) is 38.5 Å². The van der Waals surface area contributed by atoms with Gasteiger partial charge in [0.25, 0.3) is 0 Å². The highest BCUT2D eigenvalue weighted by atomic mass is 17.3. The SMILES string of the molecule is Cc1cc(C)c(C(=O)OOC(=O)OCC(COC(=O)OOC(=O)c2c(C)cc(C)cc2C)(COC(=O)OOC(=O)c2c(C)cc(C)cc2C)COC(=O)OOC(=O)c2c(C)cc(C)cc2C)c(C)c1. The van der Waals surface area contributed by atoms with Crippen molar-refractivity contribution < 1.29 is 96.4 Å². The van der Waals surface area contributed by atoms with Crippen molar-refractivity contribution in [3.05, 3.63) is 138 Å². The Morgan fingerprint density at radius 2 is 0.449 bits per heavy atom. The van der Waals surface area contributed by atoms with Crippen molar-refractivity contribution in [1.82, 2.24) is 0 Å². The molecule has 0 aliphatic rings. The zero-order valence-electron chi connectivity index (χ0n) is 40.1. The lowest BCUT2D eigenvalue weighted by atomic mass is 9.92. The second-order valence-corrected chi connectivity index (χ2v) is 16.6. The first kappa shape index (κ1) is 53.5. The van der Waals surface area contributed by atoms with Crippen LogP contribution in [0.4, 0.5) is 19.2 Å². The van der Waals surface area contributed by atoms with Gasteiger partial charge in [-0.3, -0.25) is 0 Å². The predicted molar refractivity (Wildman–Crippen MR) is 236 cm³/mol. The highest BCUT2D eigenvalue weighted by molar-refractivity contribution is 5.94. The molecule has 0 heterocycles. The lowest BCUT2D eigenvalue weighted by Crippen LogP contribution is -2.44. The van der Waals surface area contributed by atoms with Gasteiger partial charge < -0.3 is 18.9 Å². The summed E-state index contributed by atoms with van der Waals surface area (Å²) in [6.07, 6.45) is -6.74. The first-order valence-corrected chi connectivity index (χ1v) is 20.9. The molecule has 0 atom stereocenters. The molecule has 0 aliphatic carbocycles. The molecular formula is C49H52O20. The van der Waals surface area contributed by atoms with Gasteiger partial charge >= 0.3 is 48.5 Å². The quantitative estimate of drug-likeness (QED) is 0.0555. The van der Waals surface area contributed by atoms with Crippen LogP contribution < -0.4 is 0 Å². The van der Waals surface area contributed by atoms with Gasteiger partial charge in [0, 0.05) is 0 Å². The van der Waals surface area contributed by atoms with Crippen molar-refractivity contribution in [3.63, 3.8) is 0 Å². The maximum absolute atomic E-state index is 12.9. The van der Waals surface area contributed by atoms with Crippen LogP contribution in [-0.4, -0.2) is 74.9 Å². The molecular weight excluding hydrogens is 909 g/mol. The average Bonchev–Trinajstić information content (AvgIpc) is 3.24. The summed E-state index contributed by atoms with van der Waals surface area (Å²) >= 11 is 0. The molecule has 0 amide bonds. The zero-order chi connectivity index (χ0) is 51.3.